The van der Waals surface area contributed by atoms with E-state index in [1.54, 1.807) is 12.1 Å². The van der Waals surface area contributed by atoms with Crippen molar-refractivity contribution in [3.05, 3.63) is 34.9 Å². The molecule has 0 aliphatic rings. The maximum Gasteiger partial charge on any atom is 0.328 e. The minimum Gasteiger partial charge on any atom is -0.478 e. The number of aliphatic carboxylic acids is 1. The highest BCUT2D eigenvalue weighted by atomic mass is 35.5. The Balaban J connectivity index is 3.13. The van der Waals surface area contributed by atoms with Gasteiger partial charge in [-0.1, -0.05) is 24.6 Å². The number of carboxylic acid groups (broad SMARTS) is 1. The third kappa shape index (κ3) is 4.08. The Morgan fingerprint density at radius 3 is 2.72 bits per heavy atom. The van der Waals surface area contributed by atoms with Gasteiger partial charge in [0.25, 0.3) is 0 Å². The molecule has 0 saturated heterocycles. The van der Waals surface area contributed by atoms with E-state index in [4.69, 9.17) is 16.7 Å². The summed E-state index contributed by atoms with van der Waals surface area (Å²) in [6.45, 7) is 5.97. The van der Waals surface area contributed by atoms with Gasteiger partial charge in [-0.15, -0.1) is 0 Å². The molecule has 0 unspecified atom stereocenters. The third-order valence-corrected chi connectivity index (χ3v) is 2.85. The average Bonchev–Trinajstić information content (AvgIpc) is 2.34. The summed E-state index contributed by atoms with van der Waals surface area (Å²) in [5.41, 5.74) is 1.85. The van der Waals surface area contributed by atoms with Gasteiger partial charge in [-0.3, -0.25) is 0 Å². The van der Waals surface area contributed by atoms with Crippen LogP contribution in [0, 0.1) is 0 Å². The SMILES string of the molecule is CCCN(CC)c1cc(Cl)ccc1/C=C/C(=O)O. The van der Waals surface area contributed by atoms with Crippen molar-refractivity contribution < 1.29 is 9.90 Å². The standard InChI is InChI=1S/C14H18ClNO2/c1-3-9-16(4-2)13-10-12(15)7-5-11(13)6-8-14(17)18/h5-8,10H,3-4,9H2,1-2H3,(H,17,18)/b8-6+. The second kappa shape index (κ2) is 7.07. The first kappa shape index (κ1) is 14.6. The van der Waals surface area contributed by atoms with Gasteiger partial charge < -0.3 is 10.0 Å². The first-order valence-corrected chi connectivity index (χ1v) is 6.41. The van der Waals surface area contributed by atoms with Crippen LogP contribution in [0.5, 0.6) is 0 Å². The van der Waals surface area contributed by atoms with Crippen LogP contribution in [0.25, 0.3) is 6.08 Å². The molecule has 98 valence electrons. The minimum atomic E-state index is -0.950. The van der Waals surface area contributed by atoms with Gasteiger partial charge in [-0.25, -0.2) is 4.79 Å². The molecular formula is C14H18ClNO2. The Hall–Kier alpha value is -1.48. The number of anilines is 1. The van der Waals surface area contributed by atoms with E-state index in [9.17, 15) is 4.79 Å². The van der Waals surface area contributed by atoms with Gasteiger partial charge >= 0.3 is 5.97 Å². The van der Waals surface area contributed by atoms with Crippen LogP contribution in [0.3, 0.4) is 0 Å². The summed E-state index contributed by atoms with van der Waals surface area (Å²) in [5, 5.41) is 9.35. The average molecular weight is 268 g/mol. The molecule has 4 heteroatoms. The van der Waals surface area contributed by atoms with Crippen LogP contribution in [0.1, 0.15) is 25.8 Å². The monoisotopic (exact) mass is 267 g/mol. The van der Waals surface area contributed by atoms with Crippen LogP contribution in [0.4, 0.5) is 5.69 Å². The van der Waals surface area contributed by atoms with Crippen molar-refractivity contribution in [1.82, 2.24) is 0 Å². The number of hydrogen-bond acceptors (Lipinski definition) is 2. The number of nitrogens with zero attached hydrogens (tertiary/aromatic N) is 1. The maximum atomic E-state index is 10.6. The zero-order valence-corrected chi connectivity index (χ0v) is 11.4. The van der Waals surface area contributed by atoms with E-state index in [2.05, 4.69) is 18.7 Å². The van der Waals surface area contributed by atoms with Crippen LogP contribution >= 0.6 is 11.6 Å². The van der Waals surface area contributed by atoms with E-state index in [-0.39, 0.29) is 0 Å². The van der Waals surface area contributed by atoms with Crippen LogP contribution in [-0.2, 0) is 4.79 Å². The molecule has 0 atom stereocenters. The number of hydrogen-bond donors (Lipinski definition) is 1. The highest BCUT2D eigenvalue weighted by Gasteiger charge is 2.08. The molecular weight excluding hydrogens is 250 g/mol. The molecule has 1 rings (SSSR count). The third-order valence-electron chi connectivity index (χ3n) is 2.61. The molecule has 3 nitrogen and oxygen atoms in total. The van der Waals surface area contributed by atoms with Crippen molar-refractivity contribution in [1.29, 1.82) is 0 Å². The van der Waals surface area contributed by atoms with Crippen molar-refractivity contribution >= 4 is 29.3 Å². The molecule has 18 heavy (non-hydrogen) atoms. The quantitative estimate of drug-likeness (QED) is 0.800. The van der Waals surface area contributed by atoms with Gasteiger partial charge in [0.2, 0.25) is 0 Å². The van der Waals surface area contributed by atoms with E-state index < -0.39 is 5.97 Å². The van der Waals surface area contributed by atoms with Crippen molar-refractivity contribution in [3.63, 3.8) is 0 Å². The first-order valence-electron chi connectivity index (χ1n) is 6.04. The number of carboxylic acids is 1. The Morgan fingerprint density at radius 2 is 2.17 bits per heavy atom. The molecule has 0 fully saturated rings. The lowest BCUT2D eigenvalue weighted by molar-refractivity contribution is -0.131. The molecule has 0 radical (unpaired) electrons. The largest absolute Gasteiger partial charge is 0.478 e. The van der Waals surface area contributed by atoms with Gasteiger partial charge in [-0.05, 0) is 37.1 Å². The summed E-state index contributed by atoms with van der Waals surface area (Å²) < 4.78 is 0. The zero-order valence-electron chi connectivity index (χ0n) is 10.7. The van der Waals surface area contributed by atoms with Gasteiger partial charge in [0, 0.05) is 29.9 Å². The van der Waals surface area contributed by atoms with Crippen molar-refractivity contribution in [2.45, 2.75) is 20.3 Å². The van der Waals surface area contributed by atoms with Crippen LogP contribution in [-0.4, -0.2) is 24.2 Å². The van der Waals surface area contributed by atoms with Gasteiger partial charge in [0.05, 0.1) is 0 Å². The number of halogens is 1. The highest BCUT2D eigenvalue weighted by Crippen LogP contribution is 2.26. The predicted molar refractivity (Wildman–Crippen MR) is 76.3 cm³/mol. The molecule has 0 aliphatic heterocycles. The van der Waals surface area contributed by atoms with Gasteiger partial charge in [-0.2, -0.15) is 0 Å². The van der Waals surface area contributed by atoms with E-state index in [0.717, 1.165) is 36.8 Å². The normalized spacial score (nSPS) is 10.8. The second-order valence-electron chi connectivity index (χ2n) is 3.95. The first-order chi connectivity index (χ1) is 8.58. The zero-order chi connectivity index (χ0) is 13.5. The Kier molecular flexibility index (Phi) is 5.72. The smallest absolute Gasteiger partial charge is 0.328 e. The Labute approximate surface area is 113 Å². The molecule has 0 aliphatic carbocycles. The lowest BCUT2D eigenvalue weighted by atomic mass is 10.1. The molecule has 1 N–H and O–H groups in total. The van der Waals surface area contributed by atoms with Crippen LogP contribution < -0.4 is 4.90 Å². The van der Waals surface area contributed by atoms with Crippen molar-refractivity contribution in [2.24, 2.45) is 0 Å². The number of benzene rings is 1. The fourth-order valence-corrected chi connectivity index (χ4v) is 1.98. The molecule has 0 aromatic heterocycles. The fraction of sp³-hybridized carbons (Fsp3) is 0.357. The number of rotatable bonds is 6. The molecule has 0 heterocycles. The fourth-order valence-electron chi connectivity index (χ4n) is 1.81. The summed E-state index contributed by atoms with van der Waals surface area (Å²) in [5.74, 6) is -0.950. The summed E-state index contributed by atoms with van der Waals surface area (Å²) in [6, 6.07) is 5.49. The minimum absolute atomic E-state index is 0.659. The predicted octanol–water partition coefficient (Wildman–Crippen LogP) is 3.67. The molecule has 0 bridgehead atoms. The van der Waals surface area contributed by atoms with E-state index in [1.807, 2.05) is 12.1 Å². The summed E-state index contributed by atoms with van der Waals surface area (Å²) in [6.07, 6.45) is 3.78. The second-order valence-corrected chi connectivity index (χ2v) is 4.39. The molecule has 1 aromatic rings. The Bertz CT molecular complexity index is 443. The van der Waals surface area contributed by atoms with Crippen molar-refractivity contribution in [3.8, 4) is 0 Å². The topological polar surface area (TPSA) is 40.5 Å². The van der Waals surface area contributed by atoms with Crippen molar-refractivity contribution in [2.75, 3.05) is 18.0 Å². The molecule has 0 saturated carbocycles. The summed E-state index contributed by atoms with van der Waals surface area (Å²) >= 11 is 6.01. The van der Waals surface area contributed by atoms with Crippen LogP contribution in [0.15, 0.2) is 24.3 Å². The van der Waals surface area contributed by atoms with E-state index in [0.29, 0.717) is 5.02 Å². The molecule has 0 amide bonds. The summed E-state index contributed by atoms with van der Waals surface area (Å²) in [4.78, 5) is 12.8. The lowest BCUT2D eigenvalue weighted by Crippen LogP contribution is -2.24. The molecule has 0 spiro atoms. The maximum absolute atomic E-state index is 10.6. The lowest BCUT2D eigenvalue weighted by Gasteiger charge is -2.24. The molecule has 1 aromatic carbocycles. The number of carbonyl (C=O) groups is 1. The summed E-state index contributed by atoms with van der Waals surface area (Å²) in [7, 11) is 0. The van der Waals surface area contributed by atoms with E-state index >= 15 is 0 Å². The van der Waals surface area contributed by atoms with Gasteiger partial charge in [0.1, 0.15) is 0 Å². The highest BCUT2D eigenvalue weighted by molar-refractivity contribution is 6.31. The van der Waals surface area contributed by atoms with E-state index in [1.165, 1.54) is 0 Å². The van der Waals surface area contributed by atoms with Crippen LogP contribution in [0.2, 0.25) is 5.02 Å². The Morgan fingerprint density at radius 1 is 1.44 bits per heavy atom. The van der Waals surface area contributed by atoms with Gasteiger partial charge in [0.15, 0.2) is 0 Å².